The van der Waals surface area contributed by atoms with Crippen LogP contribution in [0.2, 0.25) is 0 Å². The van der Waals surface area contributed by atoms with Crippen molar-refractivity contribution in [3.8, 4) is 11.5 Å². The maximum absolute atomic E-state index is 11.7. The number of rotatable bonds is 7. The molecule has 0 aromatic heterocycles. The number of hydrazone groups is 1. The first-order valence-electron chi connectivity index (χ1n) is 7.06. The van der Waals surface area contributed by atoms with Gasteiger partial charge in [-0.05, 0) is 36.4 Å². The first-order valence-corrected chi connectivity index (χ1v) is 7.06. The number of amides is 1. The Hall–Kier alpha value is -3.02. The van der Waals surface area contributed by atoms with Gasteiger partial charge in [0.15, 0.2) is 0 Å². The summed E-state index contributed by atoms with van der Waals surface area (Å²) < 4.78 is 10.3. The zero-order chi connectivity index (χ0) is 16.5. The summed E-state index contributed by atoms with van der Waals surface area (Å²) >= 11 is 0. The highest BCUT2D eigenvalue weighted by Gasteiger charge is 2.01. The maximum atomic E-state index is 11.7. The predicted octanol–water partition coefficient (Wildman–Crippen LogP) is 2.27. The van der Waals surface area contributed by atoms with Crippen LogP contribution in [0.3, 0.4) is 0 Å². The summed E-state index contributed by atoms with van der Waals surface area (Å²) in [7, 11) is 3.19. The van der Waals surface area contributed by atoms with E-state index in [1.165, 1.54) is 0 Å². The molecule has 0 heterocycles. The van der Waals surface area contributed by atoms with Gasteiger partial charge in [-0.15, -0.1) is 0 Å². The van der Waals surface area contributed by atoms with E-state index in [-0.39, 0.29) is 12.5 Å². The van der Waals surface area contributed by atoms with E-state index in [2.05, 4.69) is 15.8 Å². The number of carbonyl (C=O) groups excluding carboxylic acids is 1. The molecular weight excluding hydrogens is 294 g/mol. The van der Waals surface area contributed by atoms with Crippen LogP contribution in [0.4, 0.5) is 5.69 Å². The lowest BCUT2D eigenvalue weighted by Gasteiger charge is -2.06. The first-order chi connectivity index (χ1) is 11.2. The number of nitrogens with one attached hydrogen (secondary N) is 2. The quantitative estimate of drug-likeness (QED) is 0.607. The number of ether oxygens (including phenoxy) is 2. The molecule has 0 radical (unpaired) electrons. The van der Waals surface area contributed by atoms with E-state index in [4.69, 9.17) is 9.47 Å². The molecule has 0 saturated carbocycles. The third kappa shape index (κ3) is 5.03. The lowest BCUT2D eigenvalue weighted by atomic mass is 10.2. The van der Waals surface area contributed by atoms with Crippen molar-refractivity contribution in [2.24, 2.45) is 5.10 Å². The van der Waals surface area contributed by atoms with Crippen molar-refractivity contribution in [3.05, 3.63) is 54.1 Å². The Morgan fingerprint density at radius 1 is 1.09 bits per heavy atom. The molecule has 2 N–H and O–H groups in total. The summed E-state index contributed by atoms with van der Waals surface area (Å²) in [4.78, 5) is 11.7. The molecule has 1 amide bonds. The van der Waals surface area contributed by atoms with Crippen molar-refractivity contribution in [3.63, 3.8) is 0 Å². The van der Waals surface area contributed by atoms with Gasteiger partial charge in [0.05, 0.1) is 27.0 Å². The molecule has 0 aliphatic carbocycles. The minimum atomic E-state index is -0.244. The van der Waals surface area contributed by atoms with Crippen molar-refractivity contribution >= 4 is 17.8 Å². The highest BCUT2D eigenvalue weighted by atomic mass is 16.5. The van der Waals surface area contributed by atoms with Crippen LogP contribution in [0.1, 0.15) is 5.56 Å². The molecule has 0 aliphatic rings. The second-order valence-electron chi connectivity index (χ2n) is 4.62. The Morgan fingerprint density at radius 2 is 1.83 bits per heavy atom. The second-order valence-corrected chi connectivity index (χ2v) is 4.62. The molecule has 0 atom stereocenters. The molecule has 2 aromatic carbocycles. The maximum Gasteiger partial charge on any atom is 0.259 e. The summed E-state index contributed by atoms with van der Waals surface area (Å²) in [5, 5.41) is 6.93. The fourth-order valence-corrected chi connectivity index (χ4v) is 1.88. The third-order valence-electron chi connectivity index (χ3n) is 3.07. The zero-order valence-electron chi connectivity index (χ0n) is 13.1. The molecule has 0 spiro atoms. The monoisotopic (exact) mass is 313 g/mol. The molecular formula is C17H19N3O3. The molecule has 2 rings (SSSR count). The molecule has 0 unspecified atom stereocenters. The molecule has 6 heteroatoms. The van der Waals surface area contributed by atoms with E-state index in [1.807, 2.05) is 48.5 Å². The summed E-state index contributed by atoms with van der Waals surface area (Å²) in [5.41, 5.74) is 4.08. The Morgan fingerprint density at radius 3 is 2.52 bits per heavy atom. The fraction of sp³-hybridized carbons (Fsp3) is 0.176. The molecule has 0 bridgehead atoms. The number of nitrogens with zero attached hydrogens (tertiary/aromatic N) is 1. The molecule has 6 nitrogen and oxygen atoms in total. The van der Waals surface area contributed by atoms with Crippen LogP contribution in [0.5, 0.6) is 11.5 Å². The van der Waals surface area contributed by atoms with Gasteiger partial charge < -0.3 is 14.8 Å². The van der Waals surface area contributed by atoms with E-state index in [0.29, 0.717) is 5.75 Å². The Balaban J connectivity index is 1.81. The highest BCUT2D eigenvalue weighted by molar-refractivity contribution is 5.86. The normalized spacial score (nSPS) is 10.3. The van der Waals surface area contributed by atoms with E-state index in [1.54, 1.807) is 20.4 Å². The Kier molecular flexibility index (Phi) is 5.99. The van der Waals surface area contributed by atoms with Crippen molar-refractivity contribution in [2.75, 3.05) is 26.1 Å². The van der Waals surface area contributed by atoms with Crippen LogP contribution in [0.25, 0.3) is 0 Å². The minimum Gasteiger partial charge on any atom is -0.497 e. The minimum absolute atomic E-state index is 0.121. The van der Waals surface area contributed by atoms with Gasteiger partial charge in [-0.25, -0.2) is 5.43 Å². The van der Waals surface area contributed by atoms with Crippen molar-refractivity contribution in [1.82, 2.24) is 5.43 Å². The van der Waals surface area contributed by atoms with Crippen LogP contribution < -0.4 is 20.2 Å². The Labute approximate surface area is 135 Å². The van der Waals surface area contributed by atoms with E-state index >= 15 is 0 Å². The number of hydrogen-bond acceptors (Lipinski definition) is 5. The zero-order valence-corrected chi connectivity index (χ0v) is 13.1. The van der Waals surface area contributed by atoms with Gasteiger partial charge in [-0.3, -0.25) is 4.79 Å². The van der Waals surface area contributed by atoms with Gasteiger partial charge in [0.25, 0.3) is 5.91 Å². The van der Waals surface area contributed by atoms with E-state index < -0.39 is 0 Å². The van der Waals surface area contributed by atoms with Crippen LogP contribution in [-0.2, 0) is 4.79 Å². The van der Waals surface area contributed by atoms with Crippen molar-refractivity contribution < 1.29 is 14.3 Å². The van der Waals surface area contributed by atoms with Gasteiger partial charge in [0.2, 0.25) is 0 Å². The summed E-state index contributed by atoms with van der Waals surface area (Å²) in [6, 6.07) is 14.7. The largest absolute Gasteiger partial charge is 0.497 e. The number of anilines is 1. The van der Waals surface area contributed by atoms with Crippen LogP contribution in [-0.4, -0.2) is 32.9 Å². The molecule has 120 valence electrons. The van der Waals surface area contributed by atoms with E-state index in [0.717, 1.165) is 17.0 Å². The number of hydrogen-bond donors (Lipinski definition) is 2. The second kappa shape index (κ2) is 8.43. The van der Waals surface area contributed by atoms with Crippen LogP contribution >= 0.6 is 0 Å². The van der Waals surface area contributed by atoms with Gasteiger partial charge in [-0.1, -0.05) is 12.1 Å². The third-order valence-corrected chi connectivity index (χ3v) is 3.07. The van der Waals surface area contributed by atoms with Crippen molar-refractivity contribution in [2.45, 2.75) is 0 Å². The SMILES string of the molecule is COc1ccc(NCC(=O)N/N=C\c2ccccc2OC)cc1. The fourth-order valence-electron chi connectivity index (χ4n) is 1.88. The highest BCUT2D eigenvalue weighted by Crippen LogP contribution is 2.15. The average Bonchev–Trinajstić information content (AvgIpc) is 2.61. The summed E-state index contributed by atoms with van der Waals surface area (Å²) in [6.45, 7) is 0.121. The van der Waals surface area contributed by atoms with Gasteiger partial charge in [0, 0.05) is 11.3 Å². The summed E-state index contributed by atoms with van der Waals surface area (Å²) in [5.74, 6) is 1.22. The van der Waals surface area contributed by atoms with E-state index in [9.17, 15) is 4.79 Å². The Bertz CT molecular complexity index is 669. The summed E-state index contributed by atoms with van der Waals surface area (Å²) in [6.07, 6.45) is 1.55. The van der Waals surface area contributed by atoms with Gasteiger partial charge in [-0.2, -0.15) is 5.10 Å². The smallest absolute Gasteiger partial charge is 0.259 e. The molecule has 23 heavy (non-hydrogen) atoms. The van der Waals surface area contributed by atoms with Gasteiger partial charge >= 0.3 is 0 Å². The standard InChI is InChI=1S/C17H19N3O3/c1-22-15-9-7-14(8-10-15)18-12-17(21)20-19-11-13-5-3-4-6-16(13)23-2/h3-11,18H,12H2,1-2H3,(H,20,21)/b19-11-. The van der Waals surface area contributed by atoms with Gasteiger partial charge in [0.1, 0.15) is 11.5 Å². The molecule has 0 aliphatic heterocycles. The number of para-hydroxylation sites is 1. The first kappa shape index (κ1) is 16.4. The number of carbonyl (C=O) groups is 1. The molecule has 2 aromatic rings. The average molecular weight is 313 g/mol. The number of benzene rings is 2. The van der Waals surface area contributed by atoms with Crippen LogP contribution in [0, 0.1) is 0 Å². The lowest BCUT2D eigenvalue weighted by molar-refractivity contribution is -0.119. The topological polar surface area (TPSA) is 72.0 Å². The predicted molar refractivity (Wildman–Crippen MR) is 90.2 cm³/mol. The van der Waals surface area contributed by atoms with Crippen LogP contribution in [0.15, 0.2) is 53.6 Å². The molecule has 0 saturated heterocycles. The molecule has 0 fully saturated rings. The lowest BCUT2D eigenvalue weighted by Crippen LogP contribution is -2.25. The van der Waals surface area contributed by atoms with Crippen molar-refractivity contribution in [1.29, 1.82) is 0 Å². The number of methoxy groups -OCH3 is 2.